The fourth-order valence-electron chi connectivity index (χ4n) is 2.45. The molecule has 2 atom stereocenters. The smallest absolute Gasteiger partial charge is 0.246 e. The molecule has 8 heteroatoms. The molecular formula is C13H20BrN3O3S. The van der Waals surface area contributed by atoms with E-state index in [2.05, 4.69) is 26.2 Å². The Hall–Kier alpha value is -0.700. The van der Waals surface area contributed by atoms with Crippen molar-refractivity contribution in [3.63, 3.8) is 0 Å². The van der Waals surface area contributed by atoms with Gasteiger partial charge in [0.25, 0.3) is 0 Å². The summed E-state index contributed by atoms with van der Waals surface area (Å²) in [6.07, 6.45) is 2.18. The van der Waals surface area contributed by atoms with Crippen LogP contribution in [-0.2, 0) is 14.8 Å². The van der Waals surface area contributed by atoms with Gasteiger partial charge in [0.15, 0.2) is 0 Å². The zero-order valence-corrected chi connectivity index (χ0v) is 14.7. The molecule has 0 saturated carbocycles. The van der Waals surface area contributed by atoms with E-state index < -0.39 is 10.0 Å². The van der Waals surface area contributed by atoms with Gasteiger partial charge in [0.2, 0.25) is 10.0 Å². The van der Waals surface area contributed by atoms with Gasteiger partial charge in [0, 0.05) is 30.9 Å². The van der Waals surface area contributed by atoms with Crippen molar-refractivity contribution < 1.29 is 13.2 Å². The number of halogens is 1. The summed E-state index contributed by atoms with van der Waals surface area (Å²) in [5.41, 5.74) is 0. The third-order valence-corrected chi connectivity index (χ3v) is 5.95. The van der Waals surface area contributed by atoms with Gasteiger partial charge in [-0.15, -0.1) is 0 Å². The number of likely N-dealkylation sites (N-methyl/N-ethyl adjacent to an activating group) is 1. The highest BCUT2D eigenvalue weighted by Gasteiger charge is 2.36. The lowest BCUT2D eigenvalue weighted by Crippen LogP contribution is -2.41. The molecule has 1 aromatic rings. The molecule has 0 aliphatic carbocycles. The molecule has 0 radical (unpaired) electrons. The molecule has 2 rings (SSSR count). The molecule has 1 aliphatic rings. The number of nitrogens with one attached hydrogen (secondary N) is 1. The number of hydrogen-bond acceptors (Lipinski definition) is 5. The molecule has 1 fully saturated rings. The summed E-state index contributed by atoms with van der Waals surface area (Å²) in [6, 6.07) is 1.43. The van der Waals surface area contributed by atoms with E-state index in [9.17, 15) is 8.42 Å². The first-order valence-corrected chi connectivity index (χ1v) is 9.10. The van der Waals surface area contributed by atoms with E-state index in [0.29, 0.717) is 29.9 Å². The molecule has 2 unspecified atom stereocenters. The first-order chi connectivity index (χ1) is 9.87. The molecular weight excluding hydrogens is 358 g/mol. The van der Waals surface area contributed by atoms with Gasteiger partial charge in [-0.25, -0.2) is 13.4 Å². The minimum Gasteiger partial charge on any atom is -0.377 e. The summed E-state index contributed by atoms with van der Waals surface area (Å²) in [7, 11) is -2.03. The summed E-state index contributed by atoms with van der Waals surface area (Å²) in [5.74, 6) is 0.374. The Bertz CT molecular complexity index is 609. The van der Waals surface area contributed by atoms with Crippen molar-refractivity contribution in [1.29, 1.82) is 0 Å². The second kappa shape index (κ2) is 6.60. The summed E-state index contributed by atoms with van der Waals surface area (Å²) >= 11 is 3.29. The van der Waals surface area contributed by atoms with E-state index in [4.69, 9.17) is 4.74 Å². The molecule has 1 N–H and O–H groups in total. The third kappa shape index (κ3) is 3.39. The Morgan fingerprint density at radius 3 is 2.86 bits per heavy atom. The molecule has 0 bridgehead atoms. The normalized spacial score (nSPS) is 22.7. The molecule has 118 valence electrons. The number of anilines is 1. The maximum atomic E-state index is 12.9. The van der Waals surface area contributed by atoms with Crippen molar-refractivity contribution >= 4 is 31.8 Å². The van der Waals surface area contributed by atoms with Crippen LogP contribution in [0.3, 0.4) is 0 Å². The number of sulfonamides is 1. The summed E-state index contributed by atoms with van der Waals surface area (Å²) in [6.45, 7) is 4.98. The van der Waals surface area contributed by atoms with Crippen LogP contribution in [0, 0.1) is 0 Å². The topological polar surface area (TPSA) is 71.5 Å². The molecule has 6 nitrogen and oxygen atoms in total. The Kier molecular flexibility index (Phi) is 5.24. The van der Waals surface area contributed by atoms with Gasteiger partial charge in [-0.1, -0.05) is 0 Å². The summed E-state index contributed by atoms with van der Waals surface area (Å²) in [4.78, 5) is 4.35. The van der Waals surface area contributed by atoms with Crippen LogP contribution in [0.5, 0.6) is 0 Å². The Balaban J connectivity index is 2.41. The zero-order valence-electron chi connectivity index (χ0n) is 12.3. The number of pyridine rings is 1. The van der Waals surface area contributed by atoms with Gasteiger partial charge in [-0.05, 0) is 42.3 Å². The van der Waals surface area contributed by atoms with Crippen LogP contribution in [0.2, 0.25) is 0 Å². The second-order valence-electron chi connectivity index (χ2n) is 4.98. The minimum absolute atomic E-state index is 0.104. The third-order valence-electron chi connectivity index (χ3n) is 3.62. The Morgan fingerprint density at radius 1 is 1.57 bits per heavy atom. The van der Waals surface area contributed by atoms with Crippen LogP contribution in [0.25, 0.3) is 0 Å². The van der Waals surface area contributed by atoms with E-state index in [1.807, 2.05) is 13.8 Å². The van der Waals surface area contributed by atoms with Crippen molar-refractivity contribution in [3.05, 3.63) is 16.7 Å². The highest BCUT2D eigenvalue weighted by molar-refractivity contribution is 9.10. The summed E-state index contributed by atoms with van der Waals surface area (Å²) < 4.78 is 33.3. The fourth-order valence-corrected chi connectivity index (χ4v) is 4.52. The maximum absolute atomic E-state index is 12.9. The van der Waals surface area contributed by atoms with Crippen molar-refractivity contribution in [1.82, 2.24) is 9.29 Å². The molecule has 0 amide bonds. The van der Waals surface area contributed by atoms with E-state index in [1.165, 1.54) is 4.31 Å². The first kappa shape index (κ1) is 16.7. The molecule has 1 aromatic heterocycles. The number of ether oxygens (including phenoxy) is 1. The van der Waals surface area contributed by atoms with Gasteiger partial charge in [0.05, 0.1) is 12.1 Å². The lowest BCUT2D eigenvalue weighted by Gasteiger charge is -2.26. The SMILES string of the molecule is CCNc1ncc(Br)cc1S(=O)(=O)N(C)C1CCOC1C. The van der Waals surface area contributed by atoms with Crippen molar-refractivity contribution in [2.24, 2.45) is 0 Å². The molecule has 0 aromatic carbocycles. The molecule has 1 saturated heterocycles. The maximum Gasteiger partial charge on any atom is 0.246 e. The monoisotopic (exact) mass is 377 g/mol. The van der Waals surface area contributed by atoms with Gasteiger partial charge < -0.3 is 10.1 Å². The van der Waals surface area contributed by atoms with Crippen LogP contribution in [-0.4, -0.2) is 50.1 Å². The van der Waals surface area contributed by atoms with E-state index in [-0.39, 0.29) is 17.0 Å². The van der Waals surface area contributed by atoms with Crippen LogP contribution in [0.4, 0.5) is 5.82 Å². The minimum atomic E-state index is -3.63. The number of hydrogen-bond donors (Lipinski definition) is 1. The first-order valence-electron chi connectivity index (χ1n) is 6.87. The van der Waals surface area contributed by atoms with Crippen molar-refractivity contribution in [2.45, 2.75) is 37.3 Å². The molecule has 0 spiro atoms. The van der Waals surface area contributed by atoms with Crippen molar-refractivity contribution in [2.75, 3.05) is 25.5 Å². The Labute approximate surface area is 134 Å². The zero-order chi connectivity index (χ0) is 15.6. The summed E-state index contributed by atoms with van der Waals surface area (Å²) in [5, 5.41) is 3.00. The van der Waals surface area contributed by atoms with Gasteiger partial charge in [0.1, 0.15) is 10.7 Å². The molecule has 2 heterocycles. The average molecular weight is 378 g/mol. The van der Waals surface area contributed by atoms with Gasteiger partial charge >= 0.3 is 0 Å². The predicted molar refractivity (Wildman–Crippen MR) is 84.9 cm³/mol. The fraction of sp³-hybridized carbons (Fsp3) is 0.615. The van der Waals surface area contributed by atoms with Crippen LogP contribution < -0.4 is 5.32 Å². The number of rotatable bonds is 5. The molecule has 1 aliphatic heterocycles. The predicted octanol–water partition coefficient (Wildman–Crippen LogP) is 2.07. The second-order valence-corrected chi connectivity index (χ2v) is 7.87. The highest BCUT2D eigenvalue weighted by atomic mass is 79.9. The van der Waals surface area contributed by atoms with Crippen LogP contribution in [0.1, 0.15) is 20.3 Å². The molecule has 21 heavy (non-hydrogen) atoms. The van der Waals surface area contributed by atoms with E-state index in [1.54, 1.807) is 19.3 Å². The van der Waals surface area contributed by atoms with Crippen LogP contribution in [0.15, 0.2) is 21.6 Å². The largest absolute Gasteiger partial charge is 0.377 e. The highest BCUT2D eigenvalue weighted by Crippen LogP contribution is 2.29. The van der Waals surface area contributed by atoms with Gasteiger partial charge in [-0.3, -0.25) is 0 Å². The standard InChI is InChI=1S/C13H20BrN3O3S/c1-4-15-13-12(7-10(14)8-16-13)21(18,19)17(3)11-5-6-20-9(11)2/h7-9,11H,4-6H2,1-3H3,(H,15,16). The lowest BCUT2D eigenvalue weighted by molar-refractivity contribution is 0.102. The quantitative estimate of drug-likeness (QED) is 0.850. The van der Waals surface area contributed by atoms with Crippen molar-refractivity contribution in [3.8, 4) is 0 Å². The number of aromatic nitrogens is 1. The van der Waals surface area contributed by atoms with E-state index in [0.717, 1.165) is 0 Å². The Morgan fingerprint density at radius 2 is 2.29 bits per heavy atom. The van der Waals surface area contributed by atoms with E-state index >= 15 is 0 Å². The van der Waals surface area contributed by atoms with Gasteiger partial charge in [-0.2, -0.15) is 4.31 Å². The lowest BCUT2D eigenvalue weighted by atomic mass is 10.2. The van der Waals surface area contributed by atoms with Crippen LogP contribution >= 0.6 is 15.9 Å². The average Bonchev–Trinajstić information content (AvgIpc) is 2.86. The number of nitrogens with zero attached hydrogens (tertiary/aromatic N) is 2.